The highest BCUT2D eigenvalue weighted by atomic mass is 35.5. The Labute approximate surface area is 184 Å². The minimum Gasteiger partial charge on any atom is -0.452 e. The van der Waals surface area contributed by atoms with Crippen molar-refractivity contribution in [1.82, 2.24) is 5.32 Å². The van der Waals surface area contributed by atoms with E-state index in [2.05, 4.69) is 5.32 Å². The molecular formula is C22H19ClN2O5S. The second-order valence-electron chi connectivity index (χ2n) is 6.59. The summed E-state index contributed by atoms with van der Waals surface area (Å²) in [5, 5.41) is 7.81. The topological polar surface area (TPSA) is 116 Å². The maximum atomic E-state index is 12.5. The van der Waals surface area contributed by atoms with Gasteiger partial charge in [-0.2, -0.15) is 0 Å². The van der Waals surface area contributed by atoms with Gasteiger partial charge in [-0.3, -0.25) is 4.79 Å². The number of ether oxygens (including phenoxy) is 1. The number of esters is 1. The van der Waals surface area contributed by atoms with Crippen LogP contribution in [0.4, 0.5) is 0 Å². The lowest BCUT2D eigenvalue weighted by Crippen LogP contribution is -2.33. The fourth-order valence-corrected chi connectivity index (χ4v) is 3.99. The van der Waals surface area contributed by atoms with Gasteiger partial charge < -0.3 is 10.1 Å². The Kier molecular flexibility index (Phi) is 7.06. The van der Waals surface area contributed by atoms with Crippen LogP contribution in [0.15, 0.2) is 83.8 Å². The van der Waals surface area contributed by atoms with Gasteiger partial charge in [-0.1, -0.05) is 72.3 Å². The number of primary sulfonamides is 1. The van der Waals surface area contributed by atoms with Gasteiger partial charge in [0, 0.05) is 0 Å². The van der Waals surface area contributed by atoms with Crippen molar-refractivity contribution in [1.29, 1.82) is 0 Å². The predicted octanol–water partition coefficient (Wildman–Crippen LogP) is 3.05. The van der Waals surface area contributed by atoms with E-state index in [1.54, 1.807) is 0 Å². The smallest absolute Gasteiger partial charge is 0.338 e. The van der Waals surface area contributed by atoms with Crippen molar-refractivity contribution in [3.05, 3.63) is 101 Å². The maximum absolute atomic E-state index is 12.5. The lowest BCUT2D eigenvalue weighted by atomic mass is 9.99. The van der Waals surface area contributed by atoms with Crippen LogP contribution in [0.5, 0.6) is 0 Å². The Morgan fingerprint density at radius 2 is 1.48 bits per heavy atom. The predicted molar refractivity (Wildman–Crippen MR) is 116 cm³/mol. The largest absolute Gasteiger partial charge is 0.452 e. The van der Waals surface area contributed by atoms with Crippen LogP contribution in [0, 0.1) is 0 Å². The zero-order chi connectivity index (χ0) is 22.4. The van der Waals surface area contributed by atoms with Crippen molar-refractivity contribution in [3.8, 4) is 0 Å². The van der Waals surface area contributed by atoms with E-state index in [9.17, 15) is 18.0 Å². The lowest BCUT2D eigenvalue weighted by Gasteiger charge is -2.20. The zero-order valence-corrected chi connectivity index (χ0v) is 17.8. The third kappa shape index (κ3) is 5.91. The molecule has 160 valence electrons. The molecule has 0 saturated carbocycles. The van der Waals surface area contributed by atoms with Crippen molar-refractivity contribution in [2.45, 2.75) is 10.9 Å². The highest BCUT2D eigenvalue weighted by Gasteiger charge is 2.20. The van der Waals surface area contributed by atoms with E-state index in [0.717, 1.165) is 17.2 Å². The number of rotatable bonds is 7. The third-order valence-electron chi connectivity index (χ3n) is 4.38. The number of carbonyl (C=O) groups is 2. The van der Waals surface area contributed by atoms with E-state index >= 15 is 0 Å². The molecule has 0 fully saturated rings. The van der Waals surface area contributed by atoms with Gasteiger partial charge in [0.1, 0.15) is 4.90 Å². The molecule has 31 heavy (non-hydrogen) atoms. The molecule has 7 nitrogen and oxygen atoms in total. The molecule has 3 N–H and O–H groups in total. The number of nitrogens with two attached hydrogens (primary N) is 1. The summed E-state index contributed by atoms with van der Waals surface area (Å²) in [5.41, 5.74) is 1.64. The van der Waals surface area contributed by atoms with E-state index in [0.29, 0.717) is 0 Å². The van der Waals surface area contributed by atoms with Crippen molar-refractivity contribution in [2.75, 3.05) is 6.61 Å². The van der Waals surface area contributed by atoms with E-state index in [1.165, 1.54) is 12.1 Å². The molecule has 0 bridgehead atoms. The first-order valence-corrected chi connectivity index (χ1v) is 11.1. The quantitative estimate of drug-likeness (QED) is 0.528. The number of sulfonamides is 1. The standard InChI is InChI=1S/C22H19ClN2O5S/c23-18-12-11-17(13-19(18)31(24,28)29)22(27)30-14-20(26)25-21(15-7-3-1-4-8-15)16-9-5-2-6-10-16/h1-13,21H,14H2,(H,25,26)(H2,24,28,29). The van der Waals surface area contributed by atoms with E-state index in [-0.39, 0.29) is 10.6 Å². The van der Waals surface area contributed by atoms with Gasteiger partial charge in [-0.15, -0.1) is 0 Å². The second-order valence-corrected chi connectivity index (χ2v) is 8.53. The van der Waals surface area contributed by atoms with Crippen molar-refractivity contribution >= 4 is 33.5 Å². The number of carbonyl (C=O) groups excluding carboxylic acids is 2. The molecule has 0 aliphatic carbocycles. The molecule has 0 aromatic heterocycles. The van der Waals surface area contributed by atoms with Gasteiger partial charge in [0.25, 0.3) is 5.91 Å². The molecule has 0 radical (unpaired) electrons. The Morgan fingerprint density at radius 1 is 0.935 bits per heavy atom. The Morgan fingerprint density at radius 3 is 2.00 bits per heavy atom. The fourth-order valence-electron chi connectivity index (χ4n) is 2.92. The molecule has 3 rings (SSSR count). The summed E-state index contributed by atoms with van der Waals surface area (Å²) in [6, 6.07) is 21.8. The lowest BCUT2D eigenvalue weighted by molar-refractivity contribution is -0.124. The molecule has 9 heteroatoms. The van der Waals surface area contributed by atoms with Crippen LogP contribution in [0.1, 0.15) is 27.5 Å². The summed E-state index contributed by atoms with van der Waals surface area (Å²) in [6.45, 7) is -0.553. The van der Waals surface area contributed by atoms with Crippen molar-refractivity contribution in [2.24, 2.45) is 5.14 Å². The minimum absolute atomic E-state index is 0.0936. The summed E-state index contributed by atoms with van der Waals surface area (Å²) in [5.74, 6) is -1.40. The van der Waals surface area contributed by atoms with Gasteiger partial charge in [0.2, 0.25) is 10.0 Å². The average Bonchev–Trinajstić information content (AvgIpc) is 2.76. The molecular weight excluding hydrogens is 440 g/mol. The molecule has 0 heterocycles. The Balaban J connectivity index is 1.70. The molecule has 0 atom stereocenters. The van der Waals surface area contributed by atoms with Crippen LogP contribution in [0.25, 0.3) is 0 Å². The minimum atomic E-state index is -4.12. The number of hydrogen-bond donors (Lipinski definition) is 2. The number of halogens is 1. The van der Waals surface area contributed by atoms with Crippen LogP contribution >= 0.6 is 11.6 Å². The van der Waals surface area contributed by atoms with Gasteiger partial charge >= 0.3 is 5.97 Å². The highest BCUT2D eigenvalue weighted by molar-refractivity contribution is 7.89. The molecule has 0 aliphatic heterocycles. The van der Waals surface area contributed by atoms with E-state index < -0.39 is 39.4 Å². The Bertz CT molecular complexity index is 1150. The maximum Gasteiger partial charge on any atom is 0.338 e. The monoisotopic (exact) mass is 458 g/mol. The summed E-state index contributed by atoms with van der Waals surface area (Å²) >= 11 is 5.81. The molecule has 3 aromatic rings. The highest BCUT2D eigenvalue weighted by Crippen LogP contribution is 2.23. The summed E-state index contributed by atoms with van der Waals surface area (Å²) in [6.07, 6.45) is 0. The molecule has 0 spiro atoms. The van der Waals surface area contributed by atoms with Crippen LogP contribution in [-0.2, 0) is 19.6 Å². The van der Waals surface area contributed by atoms with Crippen LogP contribution in [-0.4, -0.2) is 26.9 Å². The van der Waals surface area contributed by atoms with Crippen LogP contribution in [0.2, 0.25) is 5.02 Å². The molecule has 0 aliphatic rings. The molecule has 0 unspecified atom stereocenters. The molecule has 1 amide bonds. The first kappa shape index (κ1) is 22.5. The second kappa shape index (κ2) is 9.74. The van der Waals surface area contributed by atoms with Gasteiger partial charge in [0.05, 0.1) is 16.6 Å². The van der Waals surface area contributed by atoms with Gasteiger partial charge in [-0.25, -0.2) is 18.4 Å². The SMILES string of the molecule is NS(=O)(=O)c1cc(C(=O)OCC(=O)NC(c2ccccc2)c2ccccc2)ccc1Cl. The van der Waals surface area contributed by atoms with Crippen LogP contribution in [0.3, 0.4) is 0 Å². The van der Waals surface area contributed by atoms with Gasteiger partial charge in [-0.05, 0) is 29.3 Å². The third-order valence-corrected chi connectivity index (χ3v) is 5.77. The first-order valence-electron chi connectivity index (χ1n) is 9.14. The molecule has 0 saturated heterocycles. The summed E-state index contributed by atoms with van der Waals surface area (Å²) < 4.78 is 28.2. The Hall–Kier alpha value is -3.20. The average molecular weight is 459 g/mol. The molecule has 3 aromatic carbocycles. The van der Waals surface area contributed by atoms with Crippen LogP contribution < -0.4 is 10.5 Å². The number of amides is 1. The zero-order valence-electron chi connectivity index (χ0n) is 16.2. The van der Waals surface area contributed by atoms with E-state index in [4.69, 9.17) is 21.5 Å². The first-order chi connectivity index (χ1) is 14.8. The summed E-state index contributed by atoms with van der Waals surface area (Å²) in [7, 11) is -4.12. The van der Waals surface area contributed by atoms with Crippen molar-refractivity contribution < 1.29 is 22.7 Å². The fraction of sp³-hybridized carbons (Fsp3) is 0.0909. The summed E-state index contributed by atoms with van der Waals surface area (Å²) in [4.78, 5) is 24.4. The normalized spacial score (nSPS) is 11.2. The van der Waals surface area contributed by atoms with E-state index in [1.807, 2.05) is 60.7 Å². The number of nitrogens with one attached hydrogen (secondary N) is 1. The van der Waals surface area contributed by atoms with Gasteiger partial charge in [0.15, 0.2) is 6.61 Å². The number of benzene rings is 3. The van der Waals surface area contributed by atoms with Crippen molar-refractivity contribution in [3.63, 3.8) is 0 Å². The number of hydrogen-bond acceptors (Lipinski definition) is 5.